The number of benzene rings is 1. The molecule has 10 nitrogen and oxygen atoms in total. The molecule has 3 heterocycles. The Bertz CT molecular complexity index is 1140. The quantitative estimate of drug-likeness (QED) is 0.483. The molecule has 1 amide bonds. The second-order valence-electron chi connectivity index (χ2n) is 7.76. The van der Waals surface area contributed by atoms with Gasteiger partial charge in [-0.05, 0) is 43.3 Å². The van der Waals surface area contributed by atoms with Crippen molar-refractivity contribution in [3.05, 3.63) is 48.2 Å². The zero-order valence-corrected chi connectivity index (χ0v) is 20.4. The minimum atomic E-state index is -0.0787. The Balaban J connectivity index is 1.44. The minimum Gasteiger partial charge on any atom is -0.493 e. The number of amides is 1. The number of hydrogen-bond donors (Lipinski definition) is 0. The molecule has 3 aromatic rings. The first-order chi connectivity index (χ1) is 17.1. The van der Waals surface area contributed by atoms with Gasteiger partial charge in [0.1, 0.15) is 5.56 Å². The Hall–Kier alpha value is -4.08. The third kappa shape index (κ3) is 5.06. The summed E-state index contributed by atoms with van der Waals surface area (Å²) < 4.78 is 21.8. The maximum absolute atomic E-state index is 13.0. The maximum atomic E-state index is 13.0. The van der Waals surface area contributed by atoms with Gasteiger partial charge in [-0.15, -0.1) is 10.2 Å². The summed E-state index contributed by atoms with van der Waals surface area (Å²) in [7, 11) is 4.72. The van der Waals surface area contributed by atoms with E-state index in [1.165, 1.54) is 0 Å². The van der Waals surface area contributed by atoms with Crippen LogP contribution in [-0.2, 0) is 0 Å². The van der Waals surface area contributed by atoms with Crippen molar-refractivity contribution >= 4 is 11.7 Å². The number of piperazine rings is 1. The number of anilines is 1. The largest absolute Gasteiger partial charge is 0.493 e. The highest BCUT2D eigenvalue weighted by atomic mass is 16.5. The minimum absolute atomic E-state index is 0.0787. The third-order valence-corrected chi connectivity index (χ3v) is 5.78. The van der Waals surface area contributed by atoms with Crippen molar-refractivity contribution in [3.8, 4) is 34.4 Å². The molecule has 2 aromatic heterocycles. The van der Waals surface area contributed by atoms with Gasteiger partial charge < -0.3 is 28.7 Å². The van der Waals surface area contributed by atoms with Crippen LogP contribution in [0.3, 0.4) is 0 Å². The number of aromatic nitrogens is 3. The lowest BCUT2D eigenvalue weighted by Crippen LogP contribution is -2.49. The van der Waals surface area contributed by atoms with Crippen LogP contribution in [-0.4, -0.2) is 80.1 Å². The summed E-state index contributed by atoms with van der Waals surface area (Å²) in [5.41, 5.74) is 1.97. The predicted octanol–water partition coefficient (Wildman–Crippen LogP) is 2.93. The highest BCUT2D eigenvalue weighted by Gasteiger charge is 2.25. The SMILES string of the molecule is CCOc1ncccc1C(=O)N1CCN(c2ccc(-c3cc(OC)c(OC)c(OC)c3)nn2)CC1. The highest BCUT2D eigenvalue weighted by Crippen LogP contribution is 2.40. The fourth-order valence-electron chi connectivity index (χ4n) is 3.99. The average molecular weight is 480 g/mol. The van der Waals surface area contributed by atoms with Crippen LogP contribution in [0, 0.1) is 0 Å². The Kier molecular flexibility index (Phi) is 7.49. The summed E-state index contributed by atoms with van der Waals surface area (Å²) in [6.45, 7) is 4.75. The van der Waals surface area contributed by atoms with Crippen molar-refractivity contribution < 1.29 is 23.7 Å². The fraction of sp³-hybridized carbons (Fsp3) is 0.360. The lowest BCUT2D eigenvalue weighted by atomic mass is 10.1. The van der Waals surface area contributed by atoms with Gasteiger partial charge in [-0.3, -0.25) is 4.79 Å². The molecule has 0 saturated carbocycles. The molecular formula is C25H29N5O5. The molecule has 35 heavy (non-hydrogen) atoms. The number of rotatable bonds is 8. The van der Waals surface area contributed by atoms with Gasteiger partial charge in [0.25, 0.3) is 5.91 Å². The van der Waals surface area contributed by atoms with Crippen LogP contribution in [0.15, 0.2) is 42.6 Å². The predicted molar refractivity (Wildman–Crippen MR) is 131 cm³/mol. The van der Waals surface area contributed by atoms with E-state index in [9.17, 15) is 4.79 Å². The van der Waals surface area contributed by atoms with Crippen molar-refractivity contribution in [2.75, 3.05) is 59.0 Å². The number of carbonyl (C=O) groups is 1. The normalized spacial score (nSPS) is 13.4. The second-order valence-corrected chi connectivity index (χ2v) is 7.76. The van der Waals surface area contributed by atoms with E-state index in [2.05, 4.69) is 20.1 Å². The number of hydrogen-bond acceptors (Lipinski definition) is 9. The summed E-state index contributed by atoms with van der Waals surface area (Å²) in [4.78, 5) is 21.1. The summed E-state index contributed by atoms with van der Waals surface area (Å²) >= 11 is 0. The molecule has 10 heteroatoms. The summed E-state index contributed by atoms with van der Waals surface area (Å²) in [5, 5.41) is 8.84. The standard InChI is InChI=1S/C25H29N5O5/c1-5-35-24-18(7-6-10-26-24)25(31)30-13-11-29(12-14-30)22-9-8-19(27-28-22)17-15-20(32-2)23(34-4)21(16-17)33-3/h6-10,15-16H,5,11-14H2,1-4H3. The molecule has 0 spiro atoms. The molecule has 0 atom stereocenters. The van der Waals surface area contributed by atoms with Gasteiger partial charge >= 0.3 is 0 Å². The molecule has 4 rings (SSSR count). The Morgan fingerprint density at radius 2 is 1.66 bits per heavy atom. The third-order valence-electron chi connectivity index (χ3n) is 5.78. The fourth-order valence-corrected chi connectivity index (χ4v) is 3.99. The van der Waals surface area contributed by atoms with E-state index in [0.717, 1.165) is 11.4 Å². The Morgan fingerprint density at radius 3 is 2.23 bits per heavy atom. The van der Waals surface area contributed by atoms with Gasteiger partial charge in [0.15, 0.2) is 17.3 Å². The van der Waals surface area contributed by atoms with Crippen LogP contribution < -0.4 is 23.8 Å². The number of nitrogens with zero attached hydrogens (tertiary/aromatic N) is 5. The molecular weight excluding hydrogens is 450 g/mol. The molecule has 1 aromatic carbocycles. The van der Waals surface area contributed by atoms with Gasteiger partial charge in [0, 0.05) is 37.9 Å². The summed E-state index contributed by atoms with van der Waals surface area (Å²) in [5.74, 6) is 2.67. The van der Waals surface area contributed by atoms with E-state index in [1.54, 1.807) is 39.7 Å². The molecule has 0 bridgehead atoms. The van der Waals surface area contributed by atoms with Gasteiger partial charge in [0.05, 0.1) is 33.6 Å². The first kappa shape index (κ1) is 24.1. The average Bonchev–Trinajstić information content (AvgIpc) is 2.92. The summed E-state index contributed by atoms with van der Waals surface area (Å²) in [6, 6.07) is 11.0. The molecule has 1 aliphatic heterocycles. The van der Waals surface area contributed by atoms with Crippen molar-refractivity contribution in [2.45, 2.75) is 6.92 Å². The molecule has 184 valence electrons. The van der Waals surface area contributed by atoms with E-state index in [-0.39, 0.29) is 5.91 Å². The number of methoxy groups -OCH3 is 3. The molecule has 1 aliphatic rings. The van der Waals surface area contributed by atoms with E-state index in [1.807, 2.05) is 36.1 Å². The zero-order chi connectivity index (χ0) is 24.8. The zero-order valence-electron chi connectivity index (χ0n) is 20.4. The van der Waals surface area contributed by atoms with Crippen molar-refractivity contribution in [3.63, 3.8) is 0 Å². The molecule has 0 unspecified atom stereocenters. The molecule has 0 radical (unpaired) electrons. The van der Waals surface area contributed by atoms with Crippen molar-refractivity contribution in [2.24, 2.45) is 0 Å². The lowest BCUT2D eigenvalue weighted by Gasteiger charge is -2.35. The smallest absolute Gasteiger partial charge is 0.259 e. The van der Waals surface area contributed by atoms with Crippen LogP contribution >= 0.6 is 0 Å². The van der Waals surface area contributed by atoms with Gasteiger partial charge in [-0.25, -0.2) is 4.98 Å². The summed E-state index contributed by atoms with van der Waals surface area (Å²) in [6.07, 6.45) is 1.63. The molecule has 1 fully saturated rings. The van der Waals surface area contributed by atoms with E-state index in [0.29, 0.717) is 67.2 Å². The number of carbonyl (C=O) groups excluding carboxylic acids is 1. The molecule has 1 saturated heterocycles. The monoisotopic (exact) mass is 479 g/mol. The van der Waals surface area contributed by atoms with Gasteiger partial charge in [-0.2, -0.15) is 0 Å². The maximum Gasteiger partial charge on any atom is 0.259 e. The van der Waals surface area contributed by atoms with E-state index >= 15 is 0 Å². The lowest BCUT2D eigenvalue weighted by molar-refractivity contribution is 0.0741. The van der Waals surface area contributed by atoms with Gasteiger partial charge in [-0.1, -0.05) is 0 Å². The van der Waals surface area contributed by atoms with Crippen LogP contribution in [0.2, 0.25) is 0 Å². The number of pyridine rings is 1. The second kappa shape index (κ2) is 10.9. The topological polar surface area (TPSA) is 99.1 Å². The van der Waals surface area contributed by atoms with Crippen LogP contribution in [0.25, 0.3) is 11.3 Å². The molecule has 0 aliphatic carbocycles. The van der Waals surface area contributed by atoms with Crippen LogP contribution in [0.5, 0.6) is 23.1 Å². The highest BCUT2D eigenvalue weighted by molar-refractivity contribution is 5.96. The van der Waals surface area contributed by atoms with E-state index in [4.69, 9.17) is 18.9 Å². The Labute approximate surface area is 204 Å². The number of ether oxygens (including phenoxy) is 4. The first-order valence-corrected chi connectivity index (χ1v) is 11.4. The van der Waals surface area contributed by atoms with Crippen molar-refractivity contribution in [1.29, 1.82) is 0 Å². The van der Waals surface area contributed by atoms with Crippen LogP contribution in [0.1, 0.15) is 17.3 Å². The van der Waals surface area contributed by atoms with E-state index < -0.39 is 0 Å². The first-order valence-electron chi connectivity index (χ1n) is 11.4. The van der Waals surface area contributed by atoms with Crippen LogP contribution in [0.4, 0.5) is 5.82 Å². The Morgan fingerprint density at radius 1 is 0.943 bits per heavy atom. The van der Waals surface area contributed by atoms with Crippen molar-refractivity contribution in [1.82, 2.24) is 20.1 Å². The van der Waals surface area contributed by atoms with Gasteiger partial charge in [0.2, 0.25) is 11.6 Å². The molecule has 0 N–H and O–H groups in total.